The average Bonchev–Trinajstić information content (AvgIpc) is 3.52. The maximum Gasteiger partial charge on any atom is 0.419 e. The molecule has 0 radical (unpaired) electrons. The molecule has 0 saturated heterocycles. The number of nitrogens with zero attached hydrogens (tertiary/aromatic N) is 3. The minimum absolute atomic E-state index is 0.130. The van der Waals surface area contributed by atoms with E-state index in [1.807, 2.05) is 16.7 Å². The largest absolute Gasteiger partial charge is 0.419 e. The highest BCUT2D eigenvalue weighted by atomic mass is 35.5. The van der Waals surface area contributed by atoms with Gasteiger partial charge in [-0.15, -0.1) is 0 Å². The molecule has 11 heteroatoms. The molecule has 33 heavy (non-hydrogen) atoms. The van der Waals surface area contributed by atoms with Crippen LogP contribution in [0.1, 0.15) is 30.0 Å². The summed E-state index contributed by atoms with van der Waals surface area (Å²) in [5, 5.41) is 0.861. The Hall–Kier alpha value is -2.85. The third-order valence-corrected chi connectivity index (χ3v) is 6.45. The fourth-order valence-corrected chi connectivity index (χ4v) is 4.47. The maximum atomic E-state index is 13.9. The lowest BCUT2D eigenvalue weighted by Crippen LogP contribution is -2.10. The van der Waals surface area contributed by atoms with Crippen molar-refractivity contribution in [2.75, 3.05) is 0 Å². The summed E-state index contributed by atoms with van der Waals surface area (Å²) in [4.78, 5) is 24.5. The van der Waals surface area contributed by atoms with Crippen molar-refractivity contribution < 1.29 is 17.6 Å². The van der Waals surface area contributed by atoms with Crippen molar-refractivity contribution in [1.29, 1.82) is 0 Å². The van der Waals surface area contributed by atoms with Gasteiger partial charge in [-0.25, -0.2) is 14.4 Å². The Morgan fingerprint density at radius 2 is 1.85 bits per heavy atom. The smallest absolute Gasteiger partial charge is 0.305 e. The van der Waals surface area contributed by atoms with Gasteiger partial charge >= 0.3 is 6.18 Å². The van der Waals surface area contributed by atoms with Crippen molar-refractivity contribution in [3.8, 4) is 11.4 Å². The van der Waals surface area contributed by atoms with Crippen molar-refractivity contribution >= 4 is 34.5 Å². The zero-order valence-electron chi connectivity index (χ0n) is 16.8. The quantitative estimate of drug-likeness (QED) is 0.203. The number of hydrogen-bond acceptors (Lipinski definition) is 4. The summed E-state index contributed by atoms with van der Waals surface area (Å²) in [6, 6.07) is 10.1. The Bertz CT molecular complexity index is 1410. The Labute approximate surface area is 193 Å². The third-order valence-electron chi connectivity index (χ3n) is 5.26. The number of H-pyrrole nitrogens is 1. The molecule has 0 amide bonds. The van der Waals surface area contributed by atoms with Gasteiger partial charge in [0.2, 0.25) is 0 Å². The van der Waals surface area contributed by atoms with Crippen molar-refractivity contribution in [2.24, 2.45) is 0 Å². The number of imidazole rings is 1. The van der Waals surface area contributed by atoms with Crippen LogP contribution in [-0.4, -0.2) is 19.5 Å². The van der Waals surface area contributed by atoms with Crippen LogP contribution in [0.15, 0.2) is 52.4 Å². The van der Waals surface area contributed by atoms with Crippen LogP contribution >= 0.6 is 23.4 Å². The molecule has 170 valence electrons. The van der Waals surface area contributed by atoms with Crippen LogP contribution in [0, 0.1) is 5.82 Å². The molecule has 0 atom stereocenters. The van der Waals surface area contributed by atoms with Crippen LogP contribution < -0.4 is 5.56 Å². The van der Waals surface area contributed by atoms with E-state index in [2.05, 4.69) is 15.0 Å². The summed E-state index contributed by atoms with van der Waals surface area (Å²) in [5.74, 6) is -0.587. The monoisotopic (exact) mass is 494 g/mol. The van der Waals surface area contributed by atoms with Gasteiger partial charge in [0.25, 0.3) is 5.56 Å². The van der Waals surface area contributed by atoms with E-state index in [-0.39, 0.29) is 22.5 Å². The lowest BCUT2D eigenvalue weighted by atomic mass is 10.1. The number of halogens is 5. The minimum atomic E-state index is -4.75. The Balaban J connectivity index is 1.48. The fraction of sp³-hybridized carbons (Fsp3) is 0.227. The molecule has 0 unspecified atom stereocenters. The number of nitrogens with one attached hydrogen (secondary N) is 1. The number of fused-ring (bicyclic) bond motifs is 1. The molecule has 0 aliphatic heterocycles. The van der Waals surface area contributed by atoms with Gasteiger partial charge in [-0.3, -0.25) is 9.78 Å². The summed E-state index contributed by atoms with van der Waals surface area (Å²) in [6.07, 6.45) is -2.88. The Kier molecular flexibility index (Phi) is 5.44. The summed E-state index contributed by atoms with van der Waals surface area (Å²) in [6.45, 7) is 0. The zero-order chi connectivity index (χ0) is 23.3. The van der Waals surface area contributed by atoms with E-state index >= 15 is 0 Å². The maximum absolute atomic E-state index is 13.9. The molecule has 1 aliphatic rings. The first kappa shape index (κ1) is 22.0. The molecule has 1 N–H and O–H groups in total. The van der Waals surface area contributed by atoms with Crippen LogP contribution in [-0.2, 0) is 11.9 Å². The molecule has 5 rings (SSSR count). The molecule has 0 spiro atoms. The van der Waals surface area contributed by atoms with E-state index in [1.54, 1.807) is 12.1 Å². The van der Waals surface area contributed by atoms with E-state index < -0.39 is 23.1 Å². The highest BCUT2D eigenvalue weighted by molar-refractivity contribution is 7.98. The lowest BCUT2D eigenvalue weighted by molar-refractivity contribution is -0.140. The van der Waals surface area contributed by atoms with Crippen LogP contribution in [0.5, 0.6) is 0 Å². The van der Waals surface area contributed by atoms with E-state index in [0.717, 1.165) is 36.2 Å². The zero-order valence-corrected chi connectivity index (χ0v) is 18.4. The summed E-state index contributed by atoms with van der Waals surface area (Å²) >= 11 is 7.09. The number of aromatic amines is 1. The van der Waals surface area contributed by atoms with E-state index in [9.17, 15) is 22.4 Å². The number of benzene rings is 2. The number of hydrogen-bond donors (Lipinski definition) is 1. The minimum Gasteiger partial charge on any atom is -0.305 e. The number of rotatable bonds is 5. The van der Waals surface area contributed by atoms with E-state index in [4.69, 9.17) is 11.6 Å². The van der Waals surface area contributed by atoms with Gasteiger partial charge in [0, 0.05) is 22.4 Å². The van der Waals surface area contributed by atoms with Gasteiger partial charge in [-0.1, -0.05) is 29.4 Å². The first-order valence-corrected chi connectivity index (χ1v) is 11.3. The predicted molar refractivity (Wildman–Crippen MR) is 118 cm³/mol. The normalized spacial score (nSPS) is 14.2. The highest BCUT2D eigenvalue weighted by Gasteiger charge is 2.34. The molecule has 5 nitrogen and oxygen atoms in total. The van der Waals surface area contributed by atoms with Crippen molar-refractivity contribution in [2.45, 2.75) is 36.0 Å². The second-order valence-electron chi connectivity index (χ2n) is 7.69. The Morgan fingerprint density at radius 1 is 1.12 bits per heavy atom. The fourth-order valence-electron chi connectivity index (χ4n) is 3.54. The Morgan fingerprint density at radius 3 is 2.48 bits per heavy atom. The number of alkyl halides is 3. The van der Waals surface area contributed by atoms with E-state index in [0.29, 0.717) is 28.1 Å². The first-order valence-electron chi connectivity index (χ1n) is 9.97. The van der Waals surface area contributed by atoms with Gasteiger partial charge in [0.15, 0.2) is 16.3 Å². The topological polar surface area (TPSA) is 63.6 Å². The van der Waals surface area contributed by atoms with Crippen molar-refractivity contribution in [3.63, 3.8) is 0 Å². The molecule has 0 bridgehead atoms. The average molecular weight is 495 g/mol. The predicted octanol–water partition coefficient (Wildman–Crippen LogP) is 6.23. The lowest BCUT2D eigenvalue weighted by Gasteiger charge is -2.09. The van der Waals surface area contributed by atoms with Crippen molar-refractivity contribution in [1.82, 2.24) is 19.5 Å². The van der Waals surface area contributed by atoms with E-state index in [1.165, 1.54) is 6.07 Å². The molecule has 2 aromatic carbocycles. The van der Waals surface area contributed by atoms with Crippen LogP contribution in [0.3, 0.4) is 0 Å². The van der Waals surface area contributed by atoms with Gasteiger partial charge in [-0.2, -0.15) is 13.2 Å². The standard InChI is InChI=1S/C22H15ClF4N4OS/c23-13-4-2-12(3-5-13)18-28-17-19(31(18)14-6-7-14)29-21(30-20(17)32)33-10-11-1-8-15(16(24)9-11)22(25,26)27/h1-5,8-9,14H,6-7,10H2,(H,29,30,32). The summed E-state index contributed by atoms with van der Waals surface area (Å²) < 4.78 is 54.1. The third kappa shape index (κ3) is 4.37. The van der Waals surface area contributed by atoms with Crippen LogP contribution in [0.2, 0.25) is 5.02 Å². The molecular formula is C22H15ClF4N4OS. The van der Waals surface area contributed by atoms with Crippen LogP contribution in [0.4, 0.5) is 17.6 Å². The molecular weight excluding hydrogens is 480 g/mol. The number of aromatic nitrogens is 4. The number of thioether (sulfide) groups is 1. The van der Waals surface area contributed by atoms with Gasteiger partial charge in [-0.05, 0) is 54.8 Å². The van der Waals surface area contributed by atoms with Crippen molar-refractivity contribution in [3.05, 3.63) is 74.8 Å². The molecule has 1 fully saturated rings. The molecule has 4 aromatic rings. The second-order valence-corrected chi connectivity index (χ2v) is 9.09. The summed E-state index contributed by atoms with van der Waals surface area (Å²) in [5.41, 5.74) is 0.0518. The molecule has 1 aliphatic carbocycles. The molecule has 1 saturated carbocycles. The van der Waals surface area contributed by atoms with Gasteiger partial charge in [0.05, 0.1) is 5.56 Å². The highest BCUT2D eigenvalue weighted by Crippen LogP contribution is 2.41. The summed E-state index contributed by atoms with van der Waals surface area (Å²) in [7, 11) is 0. The SMILES string of the molecule is O=c1[nH]c(SCc2ccc(C(F)(F)F)c(F)c2)nc2c1nc(-c1ccc(Cl)cc1)n2C1CC1. The van der Waals surface area contributed by atoms with Gasteiger partial charge in [0.1, 0.15) is 11.6 Å². The van der Waals surface area contributed by atoms with Crippen LogP contribution in [0.25, 0.3) is 22.6 Å². The van der Waals surface area contributed by atoms with Gasteiger partial charge < -0.3 is 4.57 Å². The second kappa shape index (κ2) is 8.18. The molecule has 2 heterocycles. The first-order chi connectivity index (χ1) is 15.7. The molecule has 2 aromatic heterocycles.